The summed E-state index contributed by atoms with van der Waals surface area (Å²) in [6.45, 7) is 5.55. The molecule has 122 valence electrons. The van der Waals surface area contributed by atoms with Crippen molar-refractivity contribution in [2.45, 2.75) is 51.2 Å². The number of thiocarbonyl (C=S) groups is 1. The predicted octanol–water partition coefficient (Wildman–Crippen LogP) is 3.27. The lowest BCUT2D eigenvalue weighted by Crippen LogP contribution is -2.65. The van der Waals surface area contributed by atoms with Gasteiger partial charge in [0, 0.05) is 18.5 Å². The number of halogens is 3. The quantitative estimate of drug-likeness (QED) is 0.815. The number of benzene rings is 1. The minimum absolute atomic E-state index is 0.110. The third-order valence-corrected chi connectivity index (χ3v) is 3.97. The summed E-state index contributed by atoms with van der Waals surface area (Å²) < 4.78 is 38.3. The average Bonchev–Trinajstić information content (AvgIpc) is 2.31. The third kappa shape index (κ3) is 3.70. The highest BCUT2D eigenvalue weighted by molar-refractivity contribution is 7.80. The summed E-state index contributed by atoms with van der Waals surface area (Å²) in [5, 5.41) is 14.0. The van der Waals surface area contributed by atoms with Gasteiger partial charge in [0.25, 0.3) is 0 Å². The zero-order chi connectivity index (χ0) is 16.8. The first kappa shape index (κ1) is 17.0. The minimum Gasteiger partial charge on any atom is -0.371 e. The van der Waals surface area contributed by atoms with Gasteiger partial charge < -0.3 is 15.3 Å². The van der Waals surface area contributed by atoms with E-state index in [0.29, 0.717) is 17.1 Å². The van der Waals surface area contributed by atoms with Crippen molar-refractivity contribution in [1.82, 2.24) is 10.2 Å². The monoisotopic (exact) mass is 332 g/mol. The number of alkyl halides is 3. The molecule has 0 unspecified atom stereocenters. The summed E-state index contributed by atoms with van der Waals surface area (Å²) in [4.78, 5) is 1.52. The molecule has 0 radical (unpaired) electrons. The van der Waals surface area contributed by atoms with Crippen LogP contribution in [0.2, 0.25) is 0 Å². The molecular weight excluding hydrogens is 313 g/mol. The molecule has 0 amide bonds. The van der Waals surface area contributed by atoms with Gasteiger partial charge in [0.05, 0.1) is 5.56 Å². The van der Waals surface area contributed by atoms with E-state index in [9.17, 15) is 18.3 Å². The molecular formula is C15H19F3N2OS. The Morgan fingerprint density at radius 3 is 2.50 bits per heavy atom. The molecule has 1 aromatic rings. The van der Waals surface area contributed by atoms with E-state index in [0.717, 1.165) is 12.1 Å². The van der Waals surface area contributed by atoms with Crippen LogP contribution in [-0.4, -0.2) is 26.4 Å². The van der Waals surface area contributed by atoms with Crippen molar-refractivity contribution in [3.8, 4) is 0 Å². The highest BCUT2D eigenvalue weighted by Gasteiger charge is 2.42. The van der Waals surface area contributed by atoms with Crippen molar-refractivity contribution >= 4 is 17.3 Å². The lowest BCUT2D eigenvalue weighted by atomic mass is 9.90. The summed E-state index contributed by atoms with van der Waals surface area (Å²) in [5.74, 6) is 0. The second kappa shape index (κ2) is 5.38. The number of nitrogens with one attached hydrogen (secondary N) is 1. The van der Waals surface area contributed by atoms with Crippen molar-refractivity contribution in [3.05, 3.63) is 35.4 Å². The molecule has 1 atom stereocenters. The van der Waals surface area contributed by atoms with Crippen LogP contribution in [0.25, 0.3) is 0 Å². The molecule has 1 aliphatic rings. The van der Waals surface area contributed by atoms with Crippen LogP contribution >= 0.6 is 12.2 Å². The van der Waals surface area contributed by atoms with Crippen LogP contribution in [0.1, 0.15) is 38.3 Å². The van der Waals surface area contributed by atoms with Gasteiger partial charge in [-0.1, -0.05) is 12.1 Å². The van der Waals surface area contributed by atoms with Crippen molar-refractivity contribution in [3.63, 3.8) is 0 Å². The summed E-state index contributed by atoms with van der Waals surface area (Å²) in [5.41, 5.74) is -1.86. The molecule has 0 aliphatic carbocycles. The van der Waals surface area contributed by atoms with Crippen LogP contribution in [0.5, 0.6) is 0 Å². The molecule has 0 bridgehead atoms. The van der Waals surface area contributed by atoms with Crippen LogP contribution in [0.4, 0.5) is 13.2 Å². The van der Waals surface area contributed by atoms with Gasteiger partial charge >= 0.3 is 6.18 Å². The van der Waals surface area contributed by atoms with E-state index in [1.807, 2.05) is 13.8 Å². The zero-order valence-corrected chi connectivity index (χ0v) is 13.5. The van der Waals surface area contributed by atoms with E-state index < -0.39 is 17.5 Å². The van der Waals surface area contributed by atoms with Gasteiger partial charge in [-0.15, -0.1) is 0 Å². The van der Waals surface area contributed by atoms with Crippen LogP contribution < -0.4 is 5.32 Å². The van der Waals surface area contributed by atoms with Crippen molar-refractivity contribution in [1.29, 1.82) is 0 Å². The van der Waals surface area contributed by atoms with Crippen LogP contribution in [-0.2, 0) is 12.7 Å². The SMILES string of the molecule is CC1(C)C[C@](C)(O)N(Cc2cccc(C(F)(F)F)c2)C(=S)N1. The van der Waals surface area contributed by atoms with Gasteiger partial charge in [-0.25, -0.2) is 0 Å². The number of rotatable bonds is 2. The van der Waals surface area contributed by atoms with Crippen LogP contribution in [0.3, 0.4) is 0 Å². The second-order valence-corrected chi connectivity index (χ2v) is 6.88. The molecule has 2 N–H and O–H groups in total. The minimum atomic E-state index is -4.39. The normalized spacial score (nSPS) is 25.0. The molecule has 3 nitrogen and oxygen atoms in total. The molecule has 7 heteroatoms. The maximum absolute atomic E-state index is 12.8. The fourth-order valence-electron chi connectivity index (χ4n) is 2.82. The molecule has 0 spiro atoms. The van der Waals surface area contributed by atoms with Crippen LogP contribution in [0.15, 0.2) is 24.3 Å². The van der Waals surface area contributed by atoms with E-state index in [4.69, 9.17) is 12.2 Å². The molecule has 1 heterocycles. The van der Waals surface area contributed by atoms with Crippen molar-refractivity contribution in [2.24, 2.45) is 0 Å². The standard InChI is InChI=1S/C15H19F3N2OS/c1-13(2)9-14(3,21)20(12(22)19-13)8-10-5-4-6-11(7-10)15(16,17)18/h4-7,21H,8-9H2,1-3H3,(H,19,22)/t14-/m0/s1. The first-order chi connectivity index (χ1) is 9.91. The van der Waals surface area contributed by atoms with Gasteiger partial charge in [0.15, 0.2) is 5.11 Å². The second-order valence-electron chi connectivity index (χ2n) is 6.49. The van der Waals surface area contributed by atoms with Crippen molar-refractivity contribution in [2.75, 3.05) is 0 Å². The number of aliphatic hydroxyl groups is 1. The molecule has 1 saturated heterocycles. The number of nitrogens with zero attached hydrogens (tertiary/aromatic N) is 1. The summed E-state index contributed by atoms with van der Waals surface area (Å²) in [7, 11) is 0. The first-order valence-corrected chi connectivity index (χ1v) is 7.30. The largest absolute Gasteiger partial charge is 0.416 e. The van der Waals surface area contributed by atoms with E-state index in [1.54, 1.807) is 13.0 Å². The third-order valence-electron chi connectivity index (χ3n) is 3.64. The van der Waals surface area contributed by atoms with E-state index in [-0.39, 0.29) is 12.1 Å². The molecule has 0 saturated carbocycles. The fourth-order valence-corrected chi connectivity index (χ4v) is 3.36. The Morgan fingerprint density at radius 2 is 1.95 bits per heavy atom. The van der Waals surface area contributed by atoms with E-state index >= 15 is 0 Å². The highest BCUT2D eigenvalue weighted by atomic mass is 32.1. The van der Waals surface area contributed by atoms with Gasteiger partial charge in [0.1, 0.15) is 5.72 Å². The number of hydrogen-bond acceptors (Lipinski definition) is 2. The first-order valence-electron chi connectivity index (χ1n) is 6.89. The smallest absolute Gasteiger partial charge is 0.371 e. The summed E-state index contributed by atoms with van der Waals surface area (Å²) in [6.07, 6.45) is -3.99. The lowest BCUT2D eigenvalue weighted by molar-refractivity contribution is -0.137. The summed E-state index contributed by atoms with van der Waals surface area (Å²) in [6, 6.07) is 5.06. The zero-order valence-electron chi connectivity index (χ0n) is 12.7. The molecule has 22 heavy (non-hydrogen) atoms. The van der Waals surface area contributed by atoms with Gasteiger partial charge in [0.2, 0.25) is 0 Å². The molecule has 1 aromatic carbocycles. The lowest BCUT2D eigenvalue weighted by Gasteiger charge is -2.49. The number of hydrogen-bond donors (Lipinski definition) is 2. The van der Waals surface area contributed by atoms with Crippen LogP contribution in [0, 0.1) is 0 Å². The highest BCUT2D eigenvalue weighted by Crippen LogP contribution is 2.33. The van der Waals surface area contributed by atoms with Gasteiger partial charge in [-0.05, 0) is 50.7 Å². The summed E-state index contributed by atoms with van der Waals surface area (Å²) >= 11 is 5.26. The van der Waals surface area contributed by atoms with E-state index in [2.05, 4.69) is 5.32 Å². The Bertz CT molecular complexity index is 584. The topological polar surface area (TPSA) is 35.5 Å². The van der Waals surface area contributed by atoms with Gasteiger partial charge in [-0.3, -0.25) is 0 Å². The van der Waals surface area contributed by atoms with Gasteiger partial charge in [-0.2, -0.15) is 13.2 Å². The molecule has 2 rings (SSSR count). The Hall–Kier alpha value is -1.34. The molecule has 1 fully saturated rings. The molecule has 0 aromatic heterocycles. The maximum atomic E-state index is 12.8. The Labute approximate surface area is 133 Å². The Morgan fingerprint density at radius 1 is 1.32 bits per heavy atom. The maximum Gasteiger partial charge on any atom is 0.416 e. The van der Waals surface area contributed by atoms with Crippen molar-refractivity contribution < 1.29 is 18.3 Å². The van der Waals surface area contributed by atoms with E-state index in [1.165, 1.54) is 11.0 Å². The molecule has 1 aliphatic heterocycles. The fraction of sp³-hybridized carbons (Fsp3) is 0.533. The predicted molar refractivity (Wildman–Crippen MR) is 82.0 cm³/mol. The average molecular weight is 332 g/mol. The Kier molecular flexibility index (Phi) is 4.16. The Balaban J connectivity index is 2.25.